The number of ether oxygens (including phenoxy) is 1. The molecule has 1 saturated heterocycles. The fourth-order valence-corrected chi connectivity index (χ4v) is 3.07. The molecule has 0 radical (unpaired) electrons. The first-order valence-electron chi connectivity index (χ1n) is 8.97. The molecule has 0 unspecified atom stereocenters. The van der Waals surface area contributed by atoms with Crippen LogP contribution in [0.25, 0.3) is 0 Å². The predicted octanol–water partition coefficient (Wildman–Crippen LogP) is 1.60. The molecule has 8 nitrogen and oxygen atoms in total. The number of methoxy groups -OCH3 is 1. The van der Waals surface area contributed by atoms with Crippen LogP contribution in [0.3, 0.4) is 0 Å². The summed E-state index contributed by atoms with van der Waals surface area (Å²) in [7, 11) is 1.48. The van der Waals surface area contributed by atoms with Crippen molar-refractivity contribution in [2.45, 2.75) is 0 Å². The molecular formula is C20H22N6O2. The lowest BCUT2D eigenvalue weighted by atomic mass is 10.1. The Hall–Kier alpha value is -3.60. The fourth-order valence-electron chi connectivity index (χ4n) is 3.07. The van der Waals surface area contributed by atoms with Gasteiger partial charge in [0.25, 0.3) is 5.91 Å². The number of nitriles is 1. The highest BCUT2D eigenvalue weighted by Crippen LogP contribution is 2.23. The molecule has 0 spiro atoms. The summed E-state index contributed by atoms with van der Waals surface area (Å²) in [4.78, 5) is 25.2. The number of rotatable bonds is 6. The Morgan fingerprint density at radius 3 is 2.71 bits per heavy atom. The number of anilines is 2. The van der Waals surface area contributed by atoms with Crippen molar-refractivity contribution in [2.75, 3.05) is 49.6 Å². The molecule has 1 fully saturated rings. The Labute approximate surface area is 164 Å². The Morgan fingerprint density at radius 2 is 2.04 bits per heavy atom. The monoisotopic (exact) mass is 378 g/mol. The highest BCUT2D eigenvalue weighted by molar-refractivity contribution is 5.96. The van der Waals surface area contributed by atoms with Crippen molar-refractivity contribution in [3.63, 3.8) is 0 Å². The summed E-state index contributed by atoms with van der Waals surface area (Å²) in [6.45, 7) is 6.82. The lowest BCUT2D eigenvalue weighted by Gasteiger charge is -2.36. The maximum Gasteiger partial charge on any atom is 0.258 e. The van der Waals surface area contributed by atoms with Gasteiger partial charge in [0, 0.05) is 38.9 Å². The molecule has 8 heteroatoms. The van der Waals surface area contributed by atoms with Gasteiger partial charge < -0.3 is 19.9 Å². The van der Waals surface area contributed by atoms with Crippen LogP contribution in [0.5, 0.6) is 5.88 Å². The predicted molar refractivity (Wildman–Crippen MR) is 107 cm³/mol. The molecule has 0 atom stereocenters. The molecular weight excluding hydrogens is 356 g/mol. The molecule has 1 N–H and O–H groups in total. The van der Waals surface area contributed by atoms with E-state index in [1.165, 1.54) is 13.3 Å². The summed E-state index contributed by atoms with van der Waals surface area (Å²) in [5.41, 5.74) is 1.90. The fraction of sp³-hybridized carbons (Fsp3) is 0.300. The van der Waals surface area contributed by atoms with Crippen LogP contribution in [0, 0.1) is 11.3 Å². The van der Waals surface area contributed by atoms with Crippen molar-refractivity contribution in [3.05, 3.63) is 54.2 Å². The lowest BCUT2D eigenvalue weighted by molar-refractivity contribution is 0.0954. The summed E-state index contributed by atoms with van der Waals surface area (Å²) in [6, 6.07) is 9.83. The van der Waals surface area contributed by atoms with Crippen molar-refractivity contribution in [1.29, 1.82) is 5.26 Å². The van der Waals surface area contributed by atoms with Crippen LogP contribution in [0.1, 0.15) is 15.9 Å². The van der Waals surface area contributed by atoms with E-state index in [-0.39, 0.29) is 17.4 Å². The van der Waals surface area contributed by atoms with Crippen LogP contribution < -0.4 is 19.9 Å². The zero-order valence-electron chi connectivity index (χ0n) is 15.8. The SMILES string of the molecule is C=CCNC(=O)c1cnc(N2CCN(c3ccccc3C#N)CC2)nc1OC. The number of para-hydroxylation sites is 1. The molecule has 0 bridgehead atoms. The van der Waals surface area contributed by atoms with Gasteiger partial charge in [0.1, 0.15) is 11.6 Å². The van der Waals surface area contributed by atoms with Gasteiger partial charge in [-0.3, -0.25) is 4.79 Å². The van der Waals surface area contributed by atoms with Crippen molar-refractivity contribution in [1.82, 2.24) is 15.3 Å². The zero-order chi connectivity index (χ0) is 19.9. The summed E-state index contributed by atoms with van der Waals surface area (Å²) in [5, 5.41) is 12.0. The summed E-state index contributed by atoms with van der Waals surface area (Å²) in [5.74, 6) is 0.454. The van der Waals surface area contributed by atoms with E-state index < -0.39 is 0 Å². The van der Waals surface area contributed by atoms with Gasteiger partial charge in [-0.15, -0.1) is 6.58 Å². The summed E-state index contributed by atoms with van der Waals surface area (Å²) in [6.07, 6.45) is 3.08. The van der Waals surface area contributed by atoms with Gasteiger partial charge >= 0.3 is 0 Å². The van der Waals surface area contributed by atoms with E-state index in [1.807, 2.05) is 29.2 Å². The van der Waals surface area contributed by atoms with Crippen LogP contribution in [0.4, 0.5) is 11.6 Å². The van der Waals surface area contributed by atoms with Crippen molar-refractivity contribution < 1.29 is 9.53 Å². The molecule has 144 valence electrons. The molecule has 0 saturated carbocycles. The number of carbonyl (C=O) groups is 1. The van der Waals surface area contributed by atoms with Gasteiger partial charge in [0.2, 0.25) is 11.8 Å². The number of nitrogens with zero attached hydrogens (tertiary/aromatic N) is 5. The molecule has 1 aromatic carbocycles. The van der Waals surface area contributed by atoms with E-state index >= 15 is 0 Å². The van der Waals surface area contributed by atoms with Crippen LogP contribution >= 0.6 is 0 Å². The molecule has 1 aliphatic heterocycles. The average molecular weight is 378 g/mol. The van der Waals surface area contributed by atoms with Gasteiger partial charge in [-0.2, -0.15) is 10.2 Å². The molecule has 1 aromatic heterocycles. The van der Waals surface area contributed by atoms with Gasteiger partial charge in [0.15, 0.2) is 0 Å². The zero-order valence-corrected chi connectivity index (χ0v) is 15.8. The molecule has 1 aliphatic rings. The summed E-state index contributed by atoms with van der Waals surface area (Å²) < 4.78 is 5.29. The number of hydrogen-bond donors (Lipinski definition) is 1. The van der Waals surface area contributed by atoms with Crippen molar-refractivity contribution in [2.24, 2.45) is 0 Å². The number of hydrogen-bond acceptors (Lipinski definition) is 7. The minimum atomic E-state index is -0.304. The molecule has 0 aliphatic carbocycles. The number of benzene rings is 1. The number of piperazine rings is 1. The third kappa shape index (κ3) is 4.04. The molecule has 3 rings (SSSR count). The maximum absolute atomic E-state index is 12.2. The average Bonchev–Trinajstić information content (AvgIpc) is 2.77. The van der Waals surface area contributed by atoms with E-state index in [1.54, 1.807) is 6.08 Å². The largest absolute Gasteiger partial charge is 0.480 e. The smallest absolute Gasteiger partial charge is 0.258 e. The van der Waals surface area contributed by atoms with E-state index in [0.29, 0.717) is 31.1 Å². The van der Waals surface area contributed by atoms with Gasteiger partial charge in [-0.25, -0.2) is 4.98 Å². The quantitative estimate of drug-likeness (QED) is 0.763. The number of aromatic nitrogens is 2. The second-order valence-corrected chi connectivity index (χ2v) is 6.19. The molecule has 2 heterocycles. The van der Waals surface area contributed by atoms with Crippen molar-refractivity contribution in [3.8, 4) is 11.9 Å². The highest BCUT2D eigenvalue weighted by atomic mass is 16.5. The normalized spacial score (nSPS) is 13.6. The van der Waals surface area contributed by atoms with E-state index in [2.05, 4.69) is 32.8 Å². The summed E-state index contributed by atoms with van der Waals surface area (Å²) >= 11 is 0. The number of nitrogens with one attached hydrogen (secondary N) is 1. The Morgan fingerprint density at radius 1 is 1.32 bits per heavy atom. The number of amides is 1. The van der Waals surface area contributed by atoms with E-state index in [4.69, 9.17) is 4.74 Å². The van der Waals surface area contributed by atoms with E-state index in [9.17, 15) is 10.1 Å². The molecule has 2 aromatic rings. The molecule has 1 amide bonds. The Balaban J connectivity index is 1.71. The first-order valence-corrected chi connectivity index (χ1v) is 8.97. The van der Waals surface area contributed by atoms with Crippen LogP contribution in [0.15, 0.2) is 43.1 Å². The van der Waals surface area contributed by atoms with Crippen molar-refractivity contribution >= 4 is 17.5 Å². The Bertz CT molecular complexity index is 900. The van der Waals surface area contributed by atoms with Gasteiger partial charge in [-0.05, 0) is 12.1 Å². The topological polar surface area (TPSA) is 94.4 Å². The third-order valence-electron chi connectivity index (χ3n) is 4.51. The maximum atomic E-state index is 12.2. The highest BCUT2D eigenvalue weighted by Gasteiger charge is 2.23. The first-order chi connectivity index (χ1) is 13.7. The second kappa shape index (κ2) is 8.86. The minimum Gasteiger partial charge on any atom is -0.480 e. The molecule has 28 heavy (non-hydrogen) atoms. The van der Waals surface area contributed by atoms with Gasteiger partial charge in [0.05, 0.1) is 18.4 Å². The standard InChI is InChI=1S/C20H22N6O2/c1-3-8-22-18(27)16-14-23-20(24-19(16)28-2)26-11-9-25(10-12-26)17-7-5-4-6-15(17)13-21/h3-7,14H,1,8-12H2,2H3,(H,22,27). The minimum absolute atomic E-state index is 0.240. The van der Waals surface area contributed by atoms with Gasteiger partial charge in [-0.1, -0.05) is 18.2 Å². The lowest BCUT2D eigenvalue weighted by Crippen LogP contribution is -2.47. The van der Waals surface area contributed by atoms with E-state index in [0.717, 1.165) is 18.8 Å². The van der Waals surface area contributed by atoms with Crippen LogP contribution in [-0.4, -0.2) is 55.7 Å². The number of carbonyl (C=O) groups excluding carboxylic acids is 1. The third-order valence-corrected chi connectivity index (χ3v) is 4.51. The Kier molecular flexibility index (Phi) is 6.07. The van der Waals surface area contributed by atoms with Crippen LogP contribution in [-0.2, 0) is 0 Å². The van der Waals surface area contributed by atoms with Crippen LogP contribution in [0.2, 0.25) is 0 Å². The second-order valence-electron chi connectivity index (χ2n) is 6.19. The first kappa shape index (κ1) is 19.2.